The van der Waals surface area contributed by atoms with E-state index < -0.39 is 6.10 Å². The number of rotatable bonds is 54. The summed E-state index contributed by atoms with van der Waals surface area (Å²) in [5.74, 6) is -0.888. The van der Waals surface area contributed by atoms with Gasteiger partial charge >= 0.3 is 17.9 Å². The molecule has 0 saturated carbocycles. The molecule has 0 amide bonds. The molecule has 0 N–H and O–H groups in total. The highest BCUT2D eigenvalue weighted by atomic mass is 16.6. The van der Waals surface area contributed by atoms with Crippen molar-refractivity contribution >= 4 is 17.9 Å². The first-order valence-electron chi connectivity index (χ1n) is 29.5. The normalized spacial score (nSPS) is 12.2. The van der Waals surface area contributed by atoms with E-state index in [2.05, 4.69) is 57.2 Å². The Bertz CT molecular complexity index is 1130. The molecule has 0 aromatic carbocycles. The van der Waals surface area contributed by atoms with Crippen LogP contribution in [0.25, 0.3) is 0 Å². The van der Waals surface area contributed by atoms with Gasteiger partial charge in [-0.05, 0) is 51.4 Å². The summed E-state index contributed by atoms with van der Waals surface area (Å²) in [5, 5.41) is 0. The molecule has 0 aromatic heterocycles. The molecule has 0 rings (SSSR count). The number of allylic oxidation sites excluding steroid dienone is 6. The number of hydrogen-bond acceptors (Lipinski definition) is 6. The predicted molar refractivity (Wildman–Crippen MR) is 289 cm³/mol. The fourth-order valence-corrected chi connectivity index (χ4v) is 8.75. The van der Waals surface area contributed by atoms with Gasteiger partial charge in [0.05, 0.1) is 0 Å². The van der Waals surface area contributed by atoms with E-state index in [1.165, 1.54) is 193 Å². The number of carbonyl (C=O) groups excluding carboxylic acids is 3. The minimum atomic E-state index is -0.779. The van der Waals surface area contributed by atoms with Crippen molar-refractivity contribution in [2.24, 2.45) is 0 Å². The van der Waals surface area contributed by atoms with Crippen LogP contribution in [0, 0.1) is 0 Å². The van der Waals surface area contributed by atoms with Gasteiger partial charge in [0.1, 0.15) is 13.2 Å². The lowest BCUT2D eigenvalue weighted by atomic mass is 10.0. The first kappa shape index (κ1) is 64.6. The van der Waals surface area contributed by atoms with E-state index in [9.17, 15) is 14.4 Å². The molecule has 6 nitrogen and oxygen atoms in total. The maximum Gasteiger partial charge on any atom is 0.306 e. The van der Waals surface area contributed by atoms with Crippen LogP contribution in [0.2, 0.25) is 0 Å². The summed E-state index contributed by atoms with van der Waals surface area (Å²) in [7, 11) is 0. The summed E-state index contributed by atoms with van der Waals surface area (Å²) in [6.07, 6.45) is 67.2. The SMILES string of the molecule is CC/C=C\C/C=C\C/C=C\CCCCCC(=O)OCC(COC(=O)CCCCCCCCCCCCCCCCCCCCCCCC)OC(=O)CCCCCCCCCCCCCCCC. The Hall–Kier alpha value is -2.37. The topological polar surface area (TPSA) is 78.9 Å². The second kappa shape index (κ2) is 56.2. The molecule has 1 unspecified atom stereocenters. The molecule has 0 spiro atoms. The third-order valence-corrected chi connectivity index (χ3v) is 13.2. The summed E-state index contributed by atoms with van der Waals surface area (Å²) >= 11 is 0. The number of esters is 3. The third-order valence-electron chi connectivity index (χ3n) is 13.2. The van der Waals surface area contributed by atoms with Gasteiger partial charge in [0.25, 0.3) is 0 Å². The summed E-state index contributed by atoms with van der Waals surface area (Å²) in [5.41, 5.74) is 0. The molecule has 0 aliphatic rings. The van der Waals surface area contributed by atoms with E-state index in [0.29, 0.717) is 19.3 Å². The standard InChI is InChI=1S/C61H112O6/c1-4-7-10-13-16-19-22-25-27-28-29-30-31-32-33-34-37-39-42-45-48-51-54-60(63)66-57-58(56-65-59(62)53-50-47-44-41-38-35-24-21-18-15-12-9-6-3)67-61(64)55-52-49-46-43-40-36-26-23-20-17-14-11-8-5-2/h9,12,18,21,35,38,58H,4-8,10-11,13-17,19-20,22-34,36-37,39-57H2,1-3H3/b12-9-,21-18-,38-35-. The van der Waals surface area contributed by atoms with Gasteiger partial charge in [-0.3, -0.25) is 14.4 Å². The average molecular weight is 942 g/mol. The highest BCUT2D eigenvalue weighted by Gasteiger charge is 2.19. The Labute approximate surface area is 416 Å². The van der Waals surface area contributed by atoms with Gasteiger partial charge in [-0.25, -0.2) is 0 Å². The van der Waals surface area contributed by atoms with Crippen LogP contribution >= 0.6 is 0 Å². The number of hydrogen-bond donors (Lipinski definition) is 0. The van der Waals surface area contributed by atoms with Gasteiger partial charge in [0.2, 0.25) is 0 Å². The Morgan fingerprint density at radius 2 is 0.582 bits per heavy atom. The predicted octanol–water partition coefficient (Wildman–Crippen LogP) is 19.7. The van der Waals surface area contributed by atoms with Gasteiger partial charge in [0.15, 0.2) is 6.10 Å². The molecule has 0 aromatic rings. The Kier molecular flexibility index (Phi) is 54.2. The van der Waals surface area contributed by atoms with Crippen LogP contribution < -0.4 is 0 Å². The van der Waals surface area contributed by atoms with Crippen molar-refractivity contribution in [2.45, 2.75) is 322 Å². The Morgan fingerprint density at radius 1 is 0.313 bits per heavy atom. The summed E-state index contributed by atoms with van der Waals surface area (Å²) < 4.78 is 16.9. The molecule has 0 radical (unpaired) electrons. The highest BCUT2D eigenvalue weighted by Crippen LogP contribution is 2.17. The van der Waals surface area contributed by atoms with Crippen LogP contribution in [0.5, 0.6) is 0 Å². The zero-order valence-corrected chi connectivity index (χ0v) is 44.9. The molecular formula is C61H112O6. The average Bonchev–Trinajstić information content (AvgIpc) is 3.33. The fourth-order valence-electron chi connectivity index (χ4n) is 8.75. The molecule has 0 fully saturated rings. The Morgan fingerprint density at radius 3 is 0.910 bits per heavy atom. The molecule has 0 aliphatic carbocycles. The van der Waals surface area contributed by atoms with Crippen molar-refractivity contribution in [1.82, 2.24) is 0 Å². The molecule has 1 atom stereocenters. The summed E-state index contributed by atoms with van der Waals surface area (Å²) in [6, 6.07) is 0. The van der Waals surface area contributed by atoms with Crippen molar-refractivity contribution in [2.75, 3.05) is 13.2 Å². The van der Waals surface area contributed by atoms with Crippen LogP contribution in [0.3, 0.4) is 0 Å². The molecule has 0 saturated heterocycles. The van der Waals surface area contributed by atoms with Crippen molar-refractivity contribution in [3.63, 3.8) is 0 Å². The van der Waals surface area contributed by atoms with Crippen molar-refractivity contribution in [1.29, 1.82) is 0 Å². The van der Waals surface area contributed by atoms with Gasteiger partial charge < -0.3 is 14.2 Å². The van der Waals surface area contributed by atoms with Crippen LogP contribution in [-0.4, -0.2) is 37.2 Å². The third kappa shape index (κ3) is 54.4. The maximum absolute atomic E-state index is 12.8. The van der Waals surface area contributed by atoms with Crippen LogP contribution in [0.15, 0.2) is 36.5 Å². The van der Waals surface area contributed by atoms with E-state index in [0.717, 1.165) is 83.5 Å². The molecular weight excluding hydrogens is 829 g/mol. The lowest BCUT2D eigenvalue weighted by Crippen LogP contribution is -2.30. The quantitative estimate of drug-likeness (QED) is 0.0262. The number of ether oxygens (including phenoxy) is 3. The number of carbonyl (C=O) groups is 3. The first-order chi connectivity index (χ1) is 33.0. The second-order valence-corrected chi connectivity index (χ2v) is 19.9. The summed E-state index contributed by atoms with van der Waals surface area (Å²) in [4.78, 5) is 38.1. The molecule has 0 heterocycles. The first-order valence-corrected chi connectivity index (χ1v) is 29.5. The van der Waals surface area contributed by atoms with Crippen molar-refractivity contribution in [3.8, 4) is 0 Å². The van der Waals surface area contributed by atoms with Gasteiger partial charge in [0, 0.05) is 19.3 Å². The van der Waals surface area contributed by atoms with Gasteiger partial charge in [-0.2, -0.15) is 0 Å². The summed E-state index contributed by atoms with van der Waals surface area (Å²) in [6.45, 7) is 6.55. The van der Waals surface area contributed by atoms with E-state index in [1.807, 2.05) is 0 Å². The lowest BCUT2D eigenvalue weighted by molar-refractivity contribution is -0.167. The highest BCUT2D eigenvalue weighted by molar-refractivity contribution is 5.71. The van der Waals surface area contributed by atoms with E-state index >= 15 is 0 Å². The van der Waals surface area contributed by atoms with E-state index in [1.54, 1.807) is 0 Å². The van der Waals surface area contributed by atoms with E-state index in [-0.39, 0.29) is 31.1 Å². The van der Waals surface area contributed by atoms with Crippen molar-refractivity contribution in [3.05, 3.63) is 36.5 Å². The molecule has 392 valence electrons. The second-order valence-electron chi connectivity index (χ2n) is 19.9. The Balaban J connectivity index is 4.26. The van der Waals surface area contributed by atoms with Gasteiger partial charge in [-0.15, -0.1) is 0 Å². The minimum absolute atomic E-state index is 0.0765. The van der Waals surface area contributed by atoms with Gasteiger partial charge in [-0.1, -0.05) is 282 Å². The smallest absolute Gasteiger partial charge is 0.306 e. The largest absolute Gasteiger partial charge is 0.462 e. The zero-order chi connectivity index (χ0) is 48.6. The van der Waals surface area contributed by atoms with Crippen LogP contribution in [0.1, 0.15) is 316 Å². The monoisotopic (exact) mass is 941 g/mol. The fraction of sp³-hybridized carbons (Fsp3) is 0.852. The minimum Gasteiger partial charge on any atom is -0.462 e. The van der Waals surface area contributed by atoms with Crippen molar-refractivity contribution < 1.29 is 28.6 Å². The number of unbranched alkanes of at least 4 members (excludes halogenated alkanes) is 37. The molecule has 67 heavy (non-hydrogen) atoms. The lowest BCUT2D eigenvalue weighted by Gasteiger charge is -2.18. The van der Waals surface area contributed by atoms with Crippen LogP contribution in [0.4, 0.5) is 0 Å². The zero-order valence-electron chi connectivity index (χ0n) is 44.9. The molecule has 0 aliphatic heterocycles. The van der Waals surface area contributed by atoms with Crippen LogP contribution in [-0.2, 0) is 28.6 Å². The molecule has 6 heteroatoms. The molecule has 0 bridgehead atoms. The maximum atomic E-state index is 12.8. The van der Waals surface area contributed by atoms with E-state index in [4.69, 9.17) is 14.2 Å².